The lowest BCUT2D eigenvalue weighted by Crippen LogP contribution is -3.14. The van der Waals surface area contributed by atoms with Crippen LogP contribution in [0.5, 0.6) is 0 Å². The highest BCUT2D eigenvalue weighted by Crippen LogP contribution is 2.33. The molecule has 0 unspecified atom stereocenters. The molecule has 156 valence electrons. The van der Waals surface area contributed by atoms with Crippen molar-refractivity contribution in [2.24, 2.45) is 5.92 Å². The average molecular weight is 392 g/mol. The van der Waals surface area contributed by atoms with Crippen LogP contribution >= 0.6 is 0 Å². The molecule has 4 fully saturated rings. The molecule has 3 saturated heterocycles. The zero-order valence-electron chi connectivity index (χ0n) is 17.0. The van der Waals surface area contributed by atoms with E-state index < -0.39 is 5.54 Å². The van der Waals surface area contributed by atoms with Crippen LogP contribution in [0.2, 0.25) is 0 Å². The second kappa shape index (κ2) is 8.39. The first-order valence-corrected chi connectivity index (χ1v) is 11.4. The minimum Gasteiger partial charge on any atom is -0.342 e. The summed E-state index contributed by atoms with van der Waals surface area (Å²) < 4.78 is 0. The van der Waals surface area contributed by atoms with Crippen LogP contribution in [0.25, 0.3) is 0 Å². The van der Waals surface area contributed by atoms with Gasteiger partial charge in [0.2, 0.25) is 5.91 Å². The van der Waals surface area contributed by atoms with Gasteiger partial charge in [0.1, 0.15) is 5.54 Å². The molecule has 1 aliphatic carbocycles. The van der Waals surface area contributed by atoms with Gasteiger partial charge in [-0.3, -0.25) is 9.59 Å². The number of quaternary nitrogens is 1. The highest BCUT2D eigenvalue weighted by Gasteiger charge is 2.52. The third kappa shape index (κ3) is 3.91. The van der Waals surface area contributed by atoms with E-state index in [-0.39, 0.29) is 17.9 Å². The predicted molar refractivity (Wildman–Crippen MR) is 105 cm³/mol. The number of rotatable bonds is 3. The van der Waals surface area contributed by atoms with E-state index in [1.165, 1.54) is 22.6 Å². The largest absolute Gasteiger partial charge is 0.342 e. The number of hydrogen-bond acceptors (Lipinski definition) is 3. The van der Waals surface area contributed by atoms with E-state index in [2.05, 4.69) is 10.2 Å². The van der Waals surface area contributed by atoms with Gasteiger partial charge in [-0.2, -0.15) is 0 Å². The van der Waals surface area contributed by atoms with E-state index in [0.29, 0.717) is 12.6 Å². The molecule has 7 heteroatoms. The van der Waals surface area contributed by atoms with Gasteiger partial charge in [-0.25, -0.2) is 9.69 Å². The Morgan fingerprint density at radius 3 is 2.21 bits per heavy atom. The third-order valence-electron chi connectivity index (χ3n) is 7.29. The van der Waals surface area contributed by atoms with Crippen molar-refractivity contribution in [3.8, 4) is 0 Å². The number of nitrogens with zero attached hydrogens (tertiary/aromatic N) is 2. The lowest BCUT2D eigenvalue weighted by molar-refractivity contribution is -0.912. The molecule has 0 radical (unpaired) electrons. The van der Waals surface area contributed by atoms with Gasteiger partial charge in [0, 0.05) is 31.8 Å². The molecule has 1 saturated carbocycles. The predicted octanol–water partition coefficient (Wildman–Crippen LogP) is 0.896. The molecular formula is C21H35N4O3+. The molecule has 28 heavy (non-hydrogen) atoms. The molecular weight excluding hydrogens is 356 g/mol. The fraction of sp³-hybridized carbons (Fsp3) is 0.857. The minimum atomic E-state index is -0.629. The summed E-state index contributed by atoms with van der Waals surface area (Å²) in [4.78, 5) is 43.0. The van der Waals surface area contributed by atoms with Gasteiger partial charge in [0.05, 0.1) is 13.1 Å². The topological polar surface area (TPSA) is 74.2 Å². The van der Waals surface area contributed by atoms with Crippen molar-refractivity contribution in [2.45, 2.75) is 76.2 Å². The van der Waals surface area contributed by atoms with E-state index in [9.17, 15) is 14.4 Å². The summed E-state index contributed by atoms with van der Waals surface area (Å²) in [5, 5.41) is 3.00. The van der Waals surface area contributed by atoms with E-state index >= 15 is 0 Å². The molecule has 7 nitrogen and oxygen atoms in total. The quantitative estimate of drug-likeness (QED) is 0.702. The standard InChI is InChI=1S/C21H34N4O3/c26-18(24-12-6-1-2-7-13-24)17-8-14-23(15-9-17)16-25-19(27)21(22-20(25)28)10-4-3-5-11-21/h17H,1-16H2,(H,22,28)/p+1. The first kappa shape index (κ1) is 19.7. The summed E-state index contributed by atoms with van der Waals surface area (Å²) in [5.41, 5.74) is -0.629. The van der Waals surface area contributed by atoms with Crippen LogP contribution in [0, 0.1) is 5.92 Å². The normalized spacial score (nSPS) is 31.0. The molecule has 0 aromatic heterocycles. The molecule has 2 N–H and O–H groups in total. The van der Waals surface area contributed by atoms with Crippen LogP contribution in [0.4, 0.5) is 4.79 Å². The van der Waals surface area contributed by atoms with Crippen LogP contribution in [-0.2, 0) is 9.59 Å². The van der Waals surface area contributed by atoms with Gasteiger partial charge in [-0.15, -0.1) is 0 Å². The molecule has 4 amide bonds. The lowest BCUT2D eigenvalue weighted by atomic mass is 9.82. The number of imide groups is 1. The zero-order chi connectivity index (χ0) is 19.6. The van der Waals surface area contributed by atoms with Gasteiger partial charge < -0.3 is 15.1 Å². The Morgan fingerprint density at radius 1 is 0.964 bits per heavy atom. The second-order valence-electron chi connectivity index (χ2n) is 9.23. The number of carbonyl (C=O) groups is 3. The molecule has 0 atom stereocenters. The molecule has 0 aromatic carbocycles. The van der Waals surface area contributed by atoms with Crippen molar-refractivity contribution in [3.63, 3.8) is 0 Å². The summed E-state index contributed by atoms with van der Waals surface area (Å²) in [7, 11) is 0. The van der Waals surface area contributed by atoms with Crippen molar-refractivity contribution in [1.82, 2.24) is 15.1 Å². The van der Waals surface area contributed by atoms with Gasteiger partial charge >= 0.3 is 6.03 Å². The number of hydrogen-bond donors (Lipinski definition) is 2. The Balaban J connectivity index is 1.29. The number of nitrogens with one attached hydrogen (secondary N) is 2. The van der Waals surface area contributed by atoms with Gasteiger partial charge in [0.25, 0.3) is 5.91 Å². The lowest BCUT2D eigenvalue weighted by Gasteiger charge is -2.33. The van der Waals surface area contributed by atoms with Crippen LogP contribution in [0.3, 0.4) is 0 Å². The van der Waals surface area contributed by atoms with Crippen molar-refractivity contribution in [1.29, 1.82) is 0 Å². The SMILES string of the molecule is O=C(C1CC[NH+](CN2C(=O)NC3(CCCCC3)C2=O)CC1)N1CCCCCC1. The molecule has 0 aromatic rings. The van der Waals surface area contributed by atoms with Gasteiger partial charge in [-0.1, -0.05) is 32.1 Å². The fourth-order valence-corrected chi connectivity index (χ4v) is 5.52. The van der Waals surface area contributed by atoms with Crippen LogP contribution in [-0.4, -0.2) is 66.0 Å². The summed E-state index contributed by atoms with van der Waals surface area (Å²) in [6.07, 6.45) is 11.2. The molecule has 4 rings (SSSR count). The van der Waals surface area contributed by atoms with Gasteiger partial charge in [0.15, 0.2) is 6.67 Å². The zero-order valence-corrected chi connectivity index (χ0v) is 17.0. The second-order valence-corrected chi connectivity index (χ2v) is 9.23. The molecule has 3 aliphatic heterocycles. The summed E-state index contributed by atoms with van der Waals surface area (Å²) in [6, 6.07) is -0.220. The Morgan fingerprint density at radius 2 is 1.57 bits per heavy atom. The fourth-order valence-electron chi connectivity index (χ4n) is 5.52. The minimum absolute atomic E-state index is 0.0209. The Kier molecular flexibility index (Phi) is 5.90. The van der Waals surface area contributed by atoms with E-state index in [1.807, 2.05) is 0 Å². The molecule has 1 spiro atoms. The van der Waals surface area contributed by atoms with Gasteiger partial charge in [-0.05, 0) is 25.7 Å². The third-order valence-corrected chi connectivity index (χ3v) is 7.29. The molecule has 0 bridgehead atoms. The monoisotopic (exact) mass is 391 g/mol. The number of carbonyl (C=O) groups excluding carboxylic acids is 3. The van der Waals surface area contributed by atoms with Crippen LogP contribution in [0.15, 0.2) is 0 Å². The summed E-state index contributed by atoms with van der Waals surface area (Å²) in [5.74, 6) is 0.430. The van der Waals surface area contributed by atoms with Crippen LogP contribution < -0.4 is 10.2 Å². The van der Waals surface area contributed by atoms with E-state index in [4.69, 9.17) is 0 Å². The molecule has 4 aliphatic rings. The first-order valence-electron chi connectivity index (χ1n) is 11.4. The highest BCUT2D eigenvalue weighted by molar-refractivity contribution is 6.06. The summed E-state index contributed by atoms with van der Waals surface area (Å²) >= 11 is 0. The maximum Gasteiger partial charge on any atom is 0.329 e. The Bertz CT molecular complexity index is 601. The van der Waals surface area contributed by atoms with Crippen LogP contribution in [0.1, 0.15) is 70.6 Å². The smallest absolute Gasteiger partial charge is 0.329 e. The number of amides is 4. The maximum absolute atomic E-state index is 12.9. The highest BCUT2D eigenvalue weighted by atomic mass is 16.2. The van der Waals surface area contributed by atoms with Crippen molar-refractivity contribution in [3.05, 3.63) is 0 Å². The van der Waals surface area contributed by atoms with Crippen molar-refractivity contribution < 1.29 is 19.3 Å². The number of urea groups is 1. The number of likely N-dealkylation sites (tertiary alicyclic amines) is 2. The number of piperidine rings is 1. The van der Waals surface area contributed by atoms with Crippen molar-refractivity contribution >= 4 is 17.8 Å². The maximum atomic E-state index is 12.9. The van der Waals surface area contributed by atoms with E-state index in [1.54, 1.807) is 0 Å². The van der Waals surface area contributed by atoms with E-state index in [0.717, 1.165) is 84.0 Å². The first-order chi connectivity index (χ1) is 13.6. The molecule has 3 heterocycles. The average Bonchev–Trinajstić information content (AvgIpc) is 2.93. The Labute approximate surface area is 167 Å². The Hall–Kier alpha value is -1.63. The summed E-state index contributed by atoms with van der Waals surface area (Å²) in [6.45, 7) is 3.98. The van der Waals surface area contributed by atoms with Crippen molar-refractivity contribution in [2.75, 3.05) is 32.8 Å².